The molecule has 0 spiro atoms. The van der Waals surface area contributed by atoms with Gasteiger partial charge in [0.1, 0.15) is 5.76 Å². The molecule has 1 amide bonds. The number of thioether (sulfide) groups is 1. The molecule has 2 aromatic heterocycles. The number of aromatic nitrogens is 2. The average Bonchev–Trinajstić information content (AvgIpc) is 2.92. The van der Waals surface area contributed by atoms with Gasteiger partial charge in [-0.3, -0.25) is 4.79 Å². The number of hydrogen-bond donors (Lipinski definition) is 0. The molecule has 1 aliphatic heterocycles. The van der Waals surface area contributed by atoms with Gasteiger partial charge in [0, 0.05) is 13.1 Å². The van der Waals surface area contributed by atoms with Gasteiger partial charge in [0.05, 0.1) is 17.6 Å². The number of likely N-dealkylation sites (tertiary alicyclic amines) is 1. The van der Waals surface area contributed by atoms with E-state index in [2.05, 4.69) is 10.2 Å². The van der Waals surface area contributed by atoms with Gasteiger partial charge in [-0.1, -0.05) is 11.8 Å². The molecule has 19 heavy (non-hydrogen) atoms. The molecule has 1 fully saturated rings. The Labute approximate surface area is 114 Å². The molecule has 0 radical (unpaired) electrons. The van der Waals surface area contributed by atoms with Crippen LogP contribution in [0.2, 0.25) is 0 Å². The minimum Gasteiger partial charge on any atom is -0.469 e. The van der Waals surface area contributed by atoms with Crippen LogP contribution in [0.25, 0.3) is 11.5 Å². The Morgan fingerprint density at radius 2 is 2.32 bits per heavy atom. The van der Waals surface area contributed by atoms with Crippen LogP contribution in [0.5, 0.6) is 0 Å². The monoisotopic (exact) mass is 279 g/mol. The van der Waals surface area contributed by atoms with Crippen molar-refractivity contribution < 1.29 is 13.6 Å². The fourth-order valence-electron chi connectivity index (χ4n) is 1.76. The summed E-state index contributed by atoms with van der Waals surface area (Å²) in [6.07, 6.45) is 2.68. The standard InChI is InChI=1S/C12H13N3O3S/c1-8-9(3-6-17-8)11-13-14-12(18-11)19-7-10(16)15-4-2-5-15/h3,6H,2,4-5,7H2,1H3. The smallest absolute Gasteiger partial charge is 0.277 e. The van der Waals surface area contributed by atoms with Crippen LogP contribution >= 0.6 is 11.8 Å². The van der Waals surface area contributed by atoms with Crippen molar-refractivity contribution in [3.63, 3.8) is 0 Å². The van der Waals surface area contributed by atoms with Crippen molar-refractivity contribution in [1.82, 2.24) is 15.1 Å². The number of carbonyl (C=O) groups excluding carboxylic acids is 1. The Balaban J connectivity index is 1.62. The summed E-state index contributed by atoms with van der Waals surface area (Å²) in [5.74, 6) is 1.61. The molecule has 0 unspecified atom stereocenters. The van der Waals surface area contributed by atoms with E-state index in [1.165, 1.54) is 11.8 Å². The number of hydrogen-bond acceptors (Lipinski definition) is 6. The number of amides is 1. The molecule has 0 aliphatic carbocycles. The zero-order valence-electron chi connectivity index (χ0n) is 10.5. The topological polar surface area (TPSA) is 72.4 Å². The summed E-state index contributed by atoms with van der Waals surface area (Å²) in [6.45, 7) is 3.56. The quantitative estimate of drug-likeness (QED) is 0.797. The fourth-order valence-corrected chi connectivity index (χ4v) is 2.43. The van der Waals surface area contributed by atoms with E-state index in [9.17, 15) is 4.79 Å². The van der Waals surface area contributed by atoms with Crippen LogP contribution in [-0.4, -0.2) is 39.8 Å². The summed E-state index contributed by atoms with van der Waals surface area (Å²) < 4.78 is 10.7. The number of nitrogens with zero attached hydrogens (tertiary/aromatic N) is 3. The third-order valence-corrected chi connectivity index (χ3v) is 3.83. The van der Waals surface area contributed by atoms with Crippen molar-refractivity contribution >= 4 is 17.7 Å². The fraction of sp³-hybridized carbons (Fsp3) is 0.417. The van der Waals surface area contributed by atoms with E-state index >= 15 is 0 Å². The molecular formula is C12H13N3O3S. The second-order valence-corrected chi connectivity index (χ2v) is 5.21. The lowest BCUT2D eigenvalue weighted by Crippen LogP contribution is -2.43. The van der Waals surface area contributed by atoms with Crippen LogP contribution in [0, 0.1) is 6.92 Å². The highest BCUT2D eigenvalue weighted by Crippen LogP contribution is 2.26. The summed E-state index contributed by atoms with van der Waals surface area (Å²) >= 11 is 1.27. The maximum Gasteiger partial charge on any atom is 0.277 e. The predicted octanol–water partition coefficient (Wildman–Crippen LogP) is 1.96. The molecule has 3 rings (SSSR count). The third kappa shape index (κ3) is 2.51. The Morgan fingerprint density at radius 1 is 1.47 bits per heavy atom. The molecule has 0 saturated carbocycles. The van der Waals surface area contributed by atoms with E-state index in [1.54, 1.807) is 12.3 Å². The molecule has 0 atom stereocenters. The molecule has 7 heteroatoms. The molecular weight excluding hydrogens is 266 g/mol. The van der Waals surface area contributed by atoms with Gasteiger partial charge < -0.3 is 13.7 Å². The minimum atomic E-state index is 0.121. The number of furan rings is 1. The van der Waals surface area contributed by atoms with E-state index in [1.807, 2.05) is 11.8 Å². The van der Waals surface area contributed by atoms with Crippen LogP contribution in [0.15, 0.2) is 26.4 Å². The highest BCUT2D eigenvalue weighted by Gasteiger charge is 2.21. The largest absolute Gasteiger partial charge is 0.469 e. The van der Waals surface area contributed by atoms with Gasteiger partial charge in [0.15, 0.2) is 0 Å². The van der Waals surface area contributed by atoms with Gasteiger partial charge in [-0.2, -0.15) is 0 Å². The van der Waals surface area contributed by atoms with Crippen molar-refractivity contribution in [2.45, 2.75) is 18.6 Å². The van der Waals surface area contributed by atoms with Crippen LogP contribution in [0.3, 0.4) is 0 Å². The summed E-state index contributed by atoms with van der Waals surface area (Å²) in [4.78, 5) is 13.5. The van der Waals surface area contributed by atoms with Crippen LogP contribution in [-0.2, 0) is 4.79 Å². The highest BCUT2D eigenvalue weighted by atomic mass is 32.2. The lowest BCUT2D eigenvalue weighted by atomic mass is 10.2. The van der Waals surface area contributed by atoms with Crippen LogP contribution in [0.1, 0.15) is 12.2 Å². The van der Waals surface area contributed by atoms with Crippen molar-refractivity contribution in [1.29, 1.82) is 0 Å². The van der Waals surface area contributed by atoms with Crippen molar-refractivity contribution in [3.05, 3.63) is 18.1 Å². The van der Waals surface area contributed by atoms with Gasteiger partial charge in [0.25, 0.3) is 11.1 Å². The van der Waals surface area contributed by atoms with Gasteiger partial charge in [-0.25, -0.2) is 0 Å². The summed E-state index contributed by atoms with van der Waals surface area (Å²) in [5.41, 5.74) is 0.786. The number of aryl methyl sites for hydroxylation is 1. The molecule has 3 heterocycles. The van der Waals surface area contributed by atoms with Crippen molar-refractivity contribution in [3.8, 4) is 11.5 Å². The van der Waals surface area contributed by atoms with Gasteiger partial charge in [0.2, 0.25) is 5.91 Å². The van der Waals surface area contributed by atoms with E-state index in [0.717, 1.165) is 30.8 Å². The van der Waals surface area contributed by atoms with E-state index in [4.69, 9.17) is 8.83 Å². The third-order valence-electron chi connectivity index (χ3n) is 3.02. The molecule has 0 N–H and O–H groups in total. The lowest BCUT2D eigenvalue weighted by Gasteiger charge is -2.30. The molecule has 2 aromatic rings. The Morgan fingerprint density at radius 3 is 2.95 bits per heavy atom. The maximum absolute atomic E-state index is 11.7. The first-order chi connectivity index (χ1) is 9.24. The lowest BCUT2D eigenvalue weighted by molar-refractivity contribution is -0.131. The number of carbonyl (C=O) groups is 1. The first kappa shape index (κ1) is 12.3. The zero-order valence-corrected chi connectivity index (χ0v) is 11.3. The molecule has 100 valence electrons. The van der Waals surface area contributed by atoms with Crippen LogP contribution < -0.4 is 0 Å². The van der Waals surface area contributed by atoms with Gasteiger partial charge >= 0.3 is 0 Å². The molecule has 6 nitrogen and oxygen atoms in total. The van der Waals surface area contributed by atoms with Crippen LogP contribution in [0.4, 0.5) is 0 Å². The molecule has 1 aliphatic rings. The van der Waals surface area contributed by atoms with Gasteiger partial charge in [-0.15, -0.1) is 10.2 Å². The predicted molar refractivity (Wildman–Crippen MR) is 68.7 cm³/mol. The summed E-state index contributed by atoms with van der Waals surface area (Å²) in [6, 6.07) is 1.78. The minimum absolute atomic E-state index is 0.121. The molecule has 0 bridgehead atoms. The first-order valence-electron chi connectivity index (χ1n) is 6.02. The maximum atomic E-state index is 11.7. The van der Waals surface area contributed by atoms with E-state index in [-0.39, 0.29) is 5.91 Å². The molecule has 1 saturated heterocycles. The highest BCUT2D eigenvalue weighted by molar-refractivity contribution is 7.99. The van der Waals surface area contributed by atoms with Crippen molar-refractivity contribution in [2.75, 3.05) is 18.8 Å². The summed E-state index contributed by atoms with van der Waals surface area (Å²) in [7, 11) is 0. The zero-order chi connectivity index (χ0) is 13.2. The second kappa shape index (κ2) is 5.08. The van der Waals surface area contributed by atoms with Crippen molar-refractivity contribution in [2.24, 2.45) is 0 Å². The normalized spacial score (nSPS) is 14.5. The Bertz CT molecular complexity index is 589. The Kier molecular flexibility index (Phi) is 3.29. The Hall–Kier alpha value is -1.76. The van der Waals surface area contributed by atoms with Gasteiger partial charge in [-0.05, 0) is 19.4 Å². The van der Waals surface area contributed by atoms with E-state index in [0.29, 0.717) is 16.9 Å². The van der Waals surface area contributed by atoms with E-state index < -0.39 is 0 Å². The SMILES string of the molecule is Cc1occc1-c1nnc(SCC(=O)N2CCC2)o1. The molecule has 0 aromatic carbocycles. The second-order valence-electron chi connectivity index (χ2n) is 4.29. The summed E-state index contributed by atoms with van der Waals surface area (Å²) in [5, 5.41) is 8.28. The first-order valence-corrected chi connectivity index (χ1v) is 7.01. The average molecular weight is 279 g/mol. The number of rotatable bonds is 4.